The molecule has 1 unspecified atom stereocenters. The minimum absolute atomic E-state index is 0.0285. The Bertz CT molecular complexity index is 512. The summed E-state index contributed by atoms with van der Waals surface area (Å²) in [6, 6.07) is 0. The number of ether oxygens (including phenoxy) is 3. The average Bonchev–Trinajstić information content (AvgIpc) is 3.00. The van der Waals surface area contributed by atoms with E-state index in [4.69, 9.17) is 14.2 Å². The van der Waals surface area contributed by atoms with E-state index < -0.39 is 0 Å². The maximum absolute atomic E-state index is 12.0. The second-order valence-corrected chi connectivity index (χ2v) is 5.49. The third-order valence-electron chi connectivity index (χ3n) is 3.50. The van der Waals surface area contributed by atoms with Crippen molar-refractivity contribution in [2.75, 3.05) is 59.0 Å². The number of rotatable bonds is 8. The summed E-state index contributed by atoms with van der Waals surface area (Å²) >= 11 is 0. The van der Waals surface area contributed by atoms with E-state index in [0.717, 1.165) is 6.42 Å². The lowest BCUT2D eigenvalue weighted by atomic mass is 10.3. The van der Waals surface area contributed by atoms with Crippen LogP contribution >= 0.6 is 0 Å². The summed E-state index contributed by atoms with van der Waals surface area (Å²) in [5, 5.41) is 0. The van der Waals surface area contributed by atoms with Crippen LogP contribution in [0.4, 0.5) is 5.82 Å². The minimum Gasteiger partial charge on any atom is -0.470 e. The Balaban J connectivity index is 1.82. The van der Waals surface area contributed by atoms with Crippen LogP contribution in [-0.4, -0.2) is 81.0 Å². The molecule has 0 saturated carbocycles. The molecular weight excluding hydrogens is 300 g/mol. The van der Waals surface area contributed by atoms with Crippen LogP contribution in [0.3, 0.4) is 0 Å². The topological polar surface area (TPSA) is 77.0 Å². The molecule has 0 aliphatic carbocycles. The number of hydrogen-bond acceptors (Lipinski definition) is 7. The molecule has 0 radical (unpaired) electrons. The molecule has 1 aromatic heterocycles. The van der Waals surface area contributed by atoms with E-state index in [-0.39, 0.29) is 18.6 Å². The lowest BCUT2D eigenvalue weighted by Gasteiger charge is -2.19. The van der Waals surface area contributed by atoms with Crippen molar-refractivity contribution in [3.8, 4) is 5.88 Å². The lowest BCUT2D eigenvalue weighted by molar-refractivity contribution is -0.135. The first kappa shape index (κ1) is 17.4. The van der Waals surface area contributed by atoms with Gasteiger partial charge in [-0.15, -0.1) is 0 Å². The molecule has 23 heavy (non-hydrogen) atoms. The van der Waals surface area contributed by atoms with E-state index >= 15 is 0 Å². The summed E-state index contributed by atoms with van der Waals surface area (Å²) in [6.45, 7) is 2.18. The predicted octanol–water partition coefficient (Wildman–Crippen LogP) is 0.185. The summed E-state index contributed by atoms with van der Waals surface area (Å²) in [5.41, 5.74) is 0. The largest absolute Gasteiger partial charge is 0.470 e. The molecule has 8 nitrogen and oxygen atoms in total. The van der Waals surface area contributed by atoms with Gasteiger partial charge in [-0.05, 0) is 0 Å². The van der Waals surface area contributed by atoms with Gasteiger partial charge in [0, 0.05) is 46.6 Å². The zero-order valence-electron chi connectivity index (χ0n) is 13.9. The maximum Gasteiger partial charge on any atom is 0.257 e. The first-order valence-corrected chi connectivity index (χ1v) is 7.61. The fourth-order valence-corrected chi connectivity index (χ4v) is 2.31. The lowest BCUT2D eigenvalue weighted by Crippen LogP contribution is -2.34. The smallest absolute Gasteiger partial charge is 0.257 e. The maximum atomic E-state index is 12.0. The zero-order chi connectivity index (χ0) is 16.7. The molecule has 128 valence electrons. The van der Waals surface area contributed by atoms with Gasteiger partial charge in [-0.25, -0.2) is 9.97 Å². The fourth-order valence-electron chi connectivity index (χ4n) is 2.31. The van der Waals surface area contributed by atoms with Crippen LogP contribution in [0.25, 0.3) is 0 Å². The molecule has 0 N–H and O–H groups in total. The van der Waals surface area contributed by atoms with Gasteiger partial charge in [0.15, 0.2) is 5.82 Å². The number of carbonyl (C=O) groups excluding carboxylic acids is 1. The first-order chi connectivity index (χ1) is 11.1. The SMILES string of the molecule is COCCOCC(=O)N1CCC(Oc2nccnc2N(C)C)C1. The molecule has 1 amide bonds. The van der Waals surface area contributed by atoms with Crippen molar-refractivity contribution in [3.63, 3.8) is 0 Å². The highest BCUT2D eigenvalue weighted by atomic mass is 16.5. The van der Waals surface area contributed by atoms with Gasteiger partial charge >= 0.3 is 0 Å². The molecule has 0 bridgehead atoms. The van der Waals surface area contributed by atoms with E-state index in [2.05, 4.69) is 9.97 Å². The summed E-state index contributed by atoms with van der Waals surface area (Å²) in [5.74, 6) is 1.15. The summed E-state index contributed by atoms with van der Waals surface area (Å²) < 4.78 is 16.1. The highest BCUT2D eigenvalue weighted by Gasteiger charge is 2.28. The molecule has 1 aliphatic heterocycles. The number of hydrogen-bond donors (Lipinski definition) is 0. The number of carbonyl (C=O) groups is 1. The Morgan fingerprint density at radius 1 is 1.35 bits per heavy atom. The van der Waals surface area contributed by atoms with Gasteiger partial charge in [-0.2, -0.15) is 0 Å². The third kappa shape index (κ3) is 5.04. The fraction of sp³-hybridized carbons (Fsp3) is 0.667. The van der Waals surface area contributed by atoms with Crippen molar-refractivity contribution < 1.29 is 19.0 Å². The zero-order valence-corrected chi connectivity index (χ0v) is 13.9. The second kappa shape index (κ2) is 8.64. The molecule has 2 rings (SSSR count). The molecule has 1 fully saturated rings. The molecule has 1 saturated heterocycles. The van der Waals surface area contributed by atoms with Crippen LogP contribution in [0.2, 0.25) is 0 Å². The Kier molecular flexibility index (Phi) is 6.54. The Morgan fingerprint density at radius 2 is 2.13 bits per heavy atom. The molecule has 0 spiro atoms. The van der Waals surface area contributed by atoms with E-state index in [0.29, 0.717) is 38.0 Å². The van der Waals surface area contributed by atoms with E-state index in [9.17, 15) is 4.79 Å². The summed E-state index contributed by atoms with van der Waals surface area (Å²) in [7, 11) is 5.37. The Labute approximate surface area is 136 Å². The summed E-state index contributed by atoms with van der Waals surface area (Å²) in [4.78, 5) is 24.1. The van der Waals surface area contributed by atoms with Crippen molar-refractivity contribution in [2.24, 2.45) is 0 Å². The van der Waals surface area contributed by atoms with Crippen LogP contribution in [0, 0.1) is 0 Å². The Hall–Kier alpha value is -1.93. The van der Waals surface area contributed by atoms with Crippen LogP contribution in [0.15, 0.2) is 12.4 Å². The van der Waals surface area contributed by atoms with E-state index in [1.807, 2.05) is 19.0 Å². The normalized spacial score (nSPS) is 17.3. The van der Waals surface area contributed by atoms with Gasteiger partial charge in [0.1, 0.15) is 12.7 Å². The molecule has 0 aromatic carbocycles. The first-order valence-electron chi connectivity index (χ1n) is 7.61. The van der Waals surface area contributed by atoms with E-state index in [1.165, 1.54) is 0 Å². The molecular formula is C15H24N4O4. The molecule has 2 heterocycles. The second-order valence-electron chi connectivity index (χ2n) is 5.49. The van der Waals surface area contributed by atoms with Gasteiger partial charge in [-0.1, -0.05) is 0 Å². The van der Waals surface area contributed by atoms with Crippen LogP contribution < -0.4 is 9.64 Å². The van der Waals surface area contributed by atoms with Crippen LogP contribution in [0.5, 0.6) is 5.88 Å². The van der Waals surface area contributed by atoms with Crippen molar-refractivity contribution in [3.05, 3.63) is 12.4 Å². The third-order valence-corrected chi connectivity index (χ3v) is 3.50. The summed E-state index contributed by atoms with van der Waals surface area (Å²) in [6.07, 6.45) is 3.93. The number of aromatic nitrogens is 2. The average molecular weight is 324 g/mol. The van der Waals surface area contributed by atoms with Crippen LogP contribution in [-0.2, 0) is 14.3 Å². The molecule has 1 atom stereocenters. The standard InChI is InChI=1S/C15H24N4O4/c1-18(2)14-15(17-6-5-16-14)23-12-4-7-19(10-12)13(20)11-22-9-8-21-3/h5-6,12H,4,7-11H2,1-3H3. The van der Waals surface area contributed by atoms with Gasteiger partial charge in [0.05, 0.1) is 19.8 Å². The molecule has 1 aromatic rings. The minimum atomic E-state index is -0.0756. The number of likely N-dealkylation sites (tertiary alicyclic amines) is 1. The number of amides is 1. The monoisotopic (exact) mass is 324 g/mol. The Morgan fingerprint density at radius 3 is 2.87 bits per heavy atom. The van der Waals surface area contributed by atoms with Crippen molar-refractivity contribution in [1.29, 1.82) is 0 Å². The van der Waals surface area contributed by atoms with Crippen molar-refractivity contribution in [1.82, 2.24) is 14.9 Å². The number of anilines is 1. The predicted molar refractivity (Wildman–Crippen MR) is 84.7 cm³/mol. The van der Waals surface area contributed by atoms with Gasteiger partial charge in [-0.3, -0.25) is 4.79 Å². The molecule has 8 heteroatoms. The van der Waals surface area contributed by atoms with Gasteiger partial charge in [0.25, 0.3) is 5.88 Å². The highest BCUT2D eigenvalue weighted by molar-refractivity contribution is 5.77. The quantitative estimate of drug-likeness (QED) is 0.632. The van der Waals surface area contributed by atoms with Crippen LogP contribution in [0.1, 0.15) is 6.42 Å². The van der Waals surface area contributed by atoms with Gasteiger partial charge < -0.3 is 24.0 Å². The number of methoxy groups -OCH3 is 1. The van der Waals surface area contributed by atoms with Crippen molar-refractivity contribution in [2.45, 2.75) is 12.5 Å². The van der Waals surface area contributed by atoms with Gasteiger partial charge in [0.2, 0.25) is 5.91 Å². The van der Waals surface area contributed by atoms with Crippen molar-refractivity contribution >= 4 is 11.7 Å². The highest BCUT2D eigenvalue weighted by Crippen LogP contribution is 2.24. The number of nitrogens with zero attached hydrogens (tertiary/aromatic N) is 4. The molecule has 1 aliphatic rings. The van der Waals surface area contributed by atoms with E-state index in [1.54, 1.807) is 24.4 Å².